The zero-order chi connectivity index (χ0) is 11.8. The minimum Gasteiger partial charge on any atom is -0.380 e. The van der Waals surface area contributed by atoms with E-state index in [2.05, 4.69) is 5.32 Å². The van der Waals surface area contributed by atoms with Crippen LogP contribution in [0, 0.1) is 0 Å². The number of carbonyl (C=O) groups is 2. The van der Waals surface area contributed by atoms with Gasteiger partial charge in [-0.25, -0.2) is 0 Å². The van der Waals surface area contributed by atoms with E-state index in [0.29, 0.717) is 32.1 Å². The number of Topliss-reactive ketones (excluding diaryl/α,β-unsaturated/α-hetero) is 1. The summed E-state index contributed by atoms with van der Waals surface area (Å²) in [5.41, 5.74) is 0. The Labute approximate surface area is 96.7 Å². The van der Waals surface area contributed by atoms with Gasteiger partial charge in [0.05, 0.1) is 13.2 Å². The molecule has 0 aromatic rings. The number of carbonyl (C=O) groups excluding carboxylic acids is 2. The zero-order valence-electron chi connectivity index (χ0n) is 9.96. The van der Waals surface area contributed by atoms with Gasteiger partial charge >= 0.3 is 0 Å². The molecule has 4 heteroatoms. The van der Waals surface area contributed by atoms with Crippen LogP contribution in [0.1, 0.15) is 45.4 Å². The third-order valence-corrected chi connectivity index (χ3v) is 2.79. The van der Waals surface area contributed by atoms with Gasteiger partial charge in [0.2, 0.25) is 5.91 Å². The van der Waals surface area contributed by atoms with E-state index in [1.54, 1.807) is 0 Å². The molecule has 0 bridgehead atoms. The first-order chi connectivity index (χ1) is 7.68. The number of ether oxygens (including phenoxy) is 1. The largest absolute Gasteiger partial charge is 0.380 e. The van der Waals surface area contributed by atoms with Crippen LogP contribution in [0.2, 0.25) is 0 Å². The van der Waals surface area contributed by atoms with Gasteiger partial charge < -0.3 is 10.1 Å². The van der Waals surface area contributed by atoms with Crippen molar-refractivity contribution >= 4 is 11.7 Å². The van der Waals surface area contributed by atoms with Gasteiger partial charge in [-0.2, -0.15) is 0 Å². The number of amides is 1. The molecular formula is C12H21NO3. The molecule has 1 N–H and O–H groups in total. The fourth-order valence-electron chi connectivity index (χ4n) is 1.85. The number of hydrogen-bond donors (Lipinski definition) is 1. The van der Waals surface area contributed by atoms with Gasteiger partial charge in [0.25, 0.3) is 0 Å². The number of ketones is 1. The van der Waals surface area contributed by atoms with E-state index in [9.17, 15) is 9.59 Å². The molecule has 1 aliphatic rings. The van der Waals surface area contributed by atoms with Gasteiger partial charge in [-0.3, -0.25) is 9.59 Å². The Balaban J connectivity index is 1.95. The normalized spacial score (nSPS) is 16.3. The van der Waals surface area contributed by atoms with E-state index in [-0.39, 0.29) is 11.7 Å². The van der Waals surface area contributed by atoms with Crippen molar-refractivity contribution in [3.8, 4) is 0 Å². The quantitative estimate of drug-likeness (QED) is 0.669. The summed E-state index contributed by atoms with van der Waals surface area (Å²) in [4.78, 5) is 22.0. The fourth-order valence-corrected chi connectivity index (χ4v) is 1.85. The number of hydrogen-bond acceptors (Lipinski definition) is 3. The molecule has 0 heterocycles. The Morgan fingerprint density at radius 1 is 1.19 bits per heavy atom. The Morgan fingerprint density at radius 3 is 2.44 bits per heavy atom. The Kier molecular flexibility index (Phi) is 6.08. The Morgan fingerprint density at radius 2 is 1.81 bits per heavy atom. The molecule has 0 aromatic carbocycles. The maximum atomic E-state index is 11.4. The van der Waals surface area contributed by atoms with Gasteiger partial charge in [0.15, 0.2) is 0 Å². The molecule has 0 radical (unpaired) electrons. The van der Waals surface area contributed by atoms with Crippen molar-refractivity contribution < 1.29 is 14.3 Å². The monoisotopic (exact) mass is 227 g/mol. The van der Waals surface area contributed by atoms with Crippen molar-refractivity contribution in [1.82, 2.24) is 5.32 Å². The third kappa shape index (κ3) is 5.85. The van der Waals surface area contributed by atoms with Crippen LogP contribution in [-0.2, 0) is 14.3 Å². The van der Waals surface area contributed by atoms with Crippen molar-refractivity contribution in [2.45, 2.75) is 51.5 Å². The van der Waals surface area contributed by atoms with Crippen molar-refractivity contribution in [3.05, 3.63) is 0 Å². The second-order valence-corrected chi connectivity index (χ2v) is 4.36. The summed E-state index contributed by atoms with van der Waals surface area (Å²) in [6, 6.07) is 0.379. The molecule has 1 amide bonds. The summed E-state index contributed by atoms with van der Waals surface area (Å²) in [7, 11) is 0. The lowest BCUT2D eigenvalue weighted by molar-refractivity contribution is -0.122. The Bertz CT molecular complexity index is 234. The highest BCUT2D eigenvalue weighted by Crippen LogP contribution is 2.17. The second-order valence-electron chi connectivity index (χ2n) is 4.36. The smallest absolute Gasteiger partial charge is 0.222 e. The average molecular weight is 227 g/mol. The predicted molar refractivity (Wildman–Crippen MR) is 61.1 cm³/mol. The first-order valence-electron chi connectivity index (χ1n) is 6.05. The molecule has 0 aromatic heterocycles. The van der Waals surface area contributed by atoms with Crippen LogP contribution in [0.25, 0.3) is 0 Å². The molecule has 0 atom stereocenters. The molecular weight excluding hydrogens is 206 g/mol. The summed E-state index contributed by atoms with van der Waals surface area (Å²) >= 11 is 0. The molecule has 0 aliphatic heterocycles. The van der Waals surface area contributed by atoms with Crippen molar-refractivity contribution in [3.63, 3.8) is 0 Å². The molecule has 92 valence electrons. The van der Waals surface area contributed by atoms with E-state index < -0.39 is 0 Å². The van der Waals surface area contributed by atoms with Gasteiger partial charge in [-0.15, -0.1) is 0 Å². The molecule has 0 unspecified atom stereocenters. The second kappa shape index (κ2) is 7.39. The maximum Gasteiger partial charge on any atom is 0.222 e. The molecule has 1 aliphatic carbocycles. The van der Waals surface area contributed by atoms with Crippen LogP contribution < -0.4 is 5.32 Å². The van der Waals surface area contributed by atoms with Crippen LogP contribution in [-0.4, -0.2) is 30.9 Å². The topological polar surface area (TPSA) is 55.4 Å². The lowest BCUT2D eigenvalue weighted by atomic mass is 10.2. The van der Waals surface area contributed by atoms with Gasteiger partial charge in [-0.1, -0.05) is 12.8 Å². The minimum absolute atomic E-state index is 0.0646. The van der Waals surface area contributed by atoms with Crippen molar-refractivity contribution in [1.29, 1.82) is 0 Å². The molecule has 16 heavy (non-hydrogen) atoms. The van der Waals surface area contributed by atoms with Crippen molar-refractivity contribution in [2.24, 2.45) is 0 Å². The lowest BCUT2D eigenvalue weighted by Crippen LogP contribution is -2.33. The molecule has 1 saturated carbocycles. The molecule has 1 fully saturated rings. The van der Waals surface area contributed by atoms with Crippen LogP contribution in [0.3, 0.4) is 0 Å². The van der Waals surface area contributed by atoms with Crippen LogP contribution >= 0.6 is 0 Å². The zero-order valence-corrected chi connectivity index (χ0v) is 9.96. The molecule has 1 rings (SSSR count). The highest BCUT2D eigenvalue weighted by molar-refractivity contribution is 5.76. The first-order valence-corrected chi connectivity index (χ1v) is 6.05. The van der Waals surface area contributed by atoms with Gasteiger partial charge in [-0.05, 0) is 19.8 Å². The lowest BCUT2D eigenvalue weighted by Gasteiger charge is -2.11. The summed E-state index contributed by atoms with van der Waals surface area (Å²) < 4.78 is 5.20. The average Bonchev–Trinajstić information content (AvgIpc) is 2.69. The molecule has 4 nitrogen and oxygen atoms in total. The predicted octanol–water partition coefficient (Wildman–Crippen LogP) is 1.43. The maximum absolute atomic E-state index is 11.4. The number of rotatable bonds is 7. The summed E-state index contributed by atoms with van der Waals surface area (Å²) in [6.45, 7) is 2.37. The van der Waals surface area contributed by atoms with Crippen LogP contribution in [0.4, 0.5) is 0 Å². The highest BCUT2D eigenvalue weighted by atomic mass is 16.5. The van der Waals surface area contributed by atoms with E-state index in [4.69, 9.17) is 4.74 Å². The SMILES string of the molecule is CC(=O)CCOCCC(=O)NC1CCCC1. The van der Waals surface area contributed by atoms with Crippen LogP contribution in [0.15, 0.2) is 0 Å². The summed E-state index contributed by atoms with van der Waals surface area (Å²) in [5.74, 6) is 0.185. The van der Waals surface area contributed by atoms with E-state index in [0.717, 1.165) is 12.8 Å². The van der Waals surface area contributed by atoms with E-state index in [1.165, 1.54) is 19.8 Å². The van der Waals surface area contributed by atoms with E-state index in [1.807, 2.05) is 0 Å². The van der Waals surface area contributed by atoms with E-state index >= 15 is 0 Å². The minimum atomic E-state index is 0.0646. The summed E-state index contributed by atoms with van der Waals surface area (Å²) in [5, 5.41) is 2.99. The number of nitrogens with one attached hydrogen (secondary N) is 1. The Hall–Kier alpha value is -0.900. The fraction of sp³-hybridized carbons (Fsp3) is 0.833. The van der Waals surface area contributed by atoms with Crippen molar-refractivity contribution in [2.75, 3.05) is 13.2 Å². The molecule has 0 spiro atoms. The standard InChI is InChI=1S/C12H21NO3/c1-10(14)6-8-16-9-7-12(15)13-11-4-2-3-5-11/h11H,2-9H2,1H3,(H,13,15). The third-order valence-electron chi connectivity index (χ3n) is 2.79. The first kappa shape index (κ1) is 13.2. The van der Waals surface area contributed by atoms with Crippen LogP contribution in [0.5, 0.6) is 0 Å². The van der Waals surface area contributed by atoms with Gasteiger partial charge in [0, 0.05) is 18.9 Å². The molecule has 0 saturated heterocycles. The summed E-state index contributed by atoms with van der Waals surface area (Å²) in [6.07, 6.45) is 5.49. The highest BCUT2D eigenvalue weighted by Gasteiger charge is 2.16. The van der Waals surface area contributed by atoms with Gasteiger partial charge in [0.1, 0.15) is 5.78 Å².